The minimum absolute atomic E-state index is 0.00168. The standard InChI is InChI=1S/C15H12ClN5O2S3/c1-26(22,23)6-5-21-13-11(7-17-8-18-13)19-14(21)25-15-20-10-4-2-3-9(16)12(10)24-15/h2-4,7-8H,5-6H2,1H3. The molecule has 11 heteroatoms. The summed E-state index contributed by atoms with van der Waals surface area (Å²) < 4.78 is 26.7. The second kappa shape index (κ2) is 6.76. The Bertz CT molecular complexity index is 1220. The summed E-state index contributed by atoms with van der Waals surface area (Å²) in [5.41, 5.74) is 2.04. The van der Waals surface area contributed by atoms with Gasteiger partial charge >= 0.3 is 0 Å². The van der Waals surface area contributed by atoms with E-state index < -0.39 is 9.84 Å². The molecule has 0 aliphatic carbocycles. The van der Waals surface area contributed by atoms with Crippen LogP contribution in [-0.2, 0) is 16.4 Å². The molecule has 0 unspecified atom stereocenters. The van der Waals surface area contributed by atoms with Gasteiger partial charge in [-0.3, -0.25) is 0 Å². The van der Waals surface area contributed by atoms with Gasteiger partial charge in [0, 0.05) is 12.8 Å². The lowest BCUT2D eigenvalue weighted by Gasteiger charge is -2.06. The van der Waals surface area contributed by atoms with Gasteiger partial charge in [0.05, 0.1) is 27.2 Å². The van der Waals surface area contributed by atoms with Gasteiger partial charge < -0.3 is 4.57 Å². The number of fused-ring (bicyclic) bond motifs is 2. The second-order valence-corrected chi connectivity index (χ2v) is 10.5. The lowest BCUT2D eigenvalue weighted by Crippen LogP contribution is -2.12. The van der Waals surface area contributed by atoms with Crippen LogP contribution in [0.4, 0.5) is 0 Å². The minimum atomic E-state index is -3.12. The van der Waals surface area contributed by atoms with Gasteiger partial charge in [-0.2, -0.15) is 0 Å². The number of benzene rings is 1. The molecule has 0 spiro atoms. The first kappa shape index (κ1) is 17.7. The van der Waals surface area contributed by atoms with Gasteiger partial charge in [0.2, 0.25) is 0 Å². The quantitative estimate of drug-likeness (QED) is 0.484. The van der Waals surface area contributed by atoms with Crippen LogP contribution in [0.3, 0.4) is 0 Å². The van der Waals surface area contributed by atoms with E-state index >= 15 is 0 Å². The summed E-state index contributed by atoms with van der Waals surface area (Å²) in [5.74, 6) is 0.00168. The summed E-state index contributed by atoms with van der Waals surface area (Å²) in [6.07, 6.45) is 4.24. The van der Waals surface area contributed by atoms with Gasteiger partial charge in [0.1, 0.15) is 21.7 Å². The Labute approximate surface area is 162 Å². The Kier molecular flexibility index (Phi) is 4.59. The molecule has 4 rings (SSSR count). The third-order valence-corrected chi connectivity index (χ3v) is 7.10. The average Bonchev–Trinajstić information content (AvgIpc) is 3.14. The van der Waals surface area contributed by atoms with Crippen LogP contribution >= 0.6 is 34.7 Å². The second-order valence-electron chi connectivity index (χ2n) is 5.58. The highest BCUT2D eigenvalue weighted by atomic mass is 35.5. The molecular formula is C15H12ClN5O2S3. The summed E-state index contributed by atoms with van der Waals surface area (Å²) in [7, 11) is -3.12. The van der Waals surface area contributed by atoms with Crippen molar-refractivity contribution in [3.05, 3.63) is 35.7 Å². The van der Waals surface area contributed by atoms with Crippen LogP contribution in [0.25, 0.3) is 21.4 Å². The highest BCUT2D eigenvalue weighted by Crippen LogP contribution is 2.37. The molecular weight excluding hydrogens is 414 g/mol. The summed E-state index contributed by atoms with van der Waals surface area (Å²) in [6.45, 7) is 0.264. The first-order valence-electron chi connectivity index (χ1n) is 7.47. The first-order valence-corrected chi connectivity index (χ1v) is 11.5. The smallest absolute Gasteiger partial charge is 0.177 e. The van der Waals surface area contributed by atoms with Crippen molar-refractivity contribution in [3.8, 4) is 0 Å². The maximum absolute atomic E-state index is 11.6. The van der Waals surface area contributed by atoms with E-state index in [0.29, 0.717) is 21.3 Å². The van der Waals surface area contributed by atoms with E-state index in [0.717, 1.165) is 14.6 Å². The predicted molar refractivity (Wildman–Crippen MR) is 104 cm³/mol. The van der Waals surface area contributed by atoms with Gasteiger partial charge in [-0.05, 0) is 23.9 Å². The fourth-order valence-corrected chi connectivity index (χ4v) is 5.28. The number of hydrogen-bond donors (Lipinski definition) is 0. The molecule has 0 fully saturated rings. The molecule has 0 saturated carbocycles. The van der Waals surface area contributed by atoms with Gasteiger partial charge in [0.25, 0.3) is 0 Å². The first-order chi connectivity index (χ1) is 12.4. The van der Waals surface area contributed by atoms with Crippen LogP contribution in [0.5, 0.6) is 0 Å². The molecule has 0 atom stereocenters. The lowest BCUT2D eigenvalue weighted by atomic mass is 10.3. The third kappa shape index (κ3) is 3.54. The molecule has 134 valence electrons. The number of aromatic nitrogens is 5. The Morgan fingerprint density at radius 1 is 1.27 bits per heavy atom. The van der Waals surface area contributed by atoms with Crippen LogP contribution in [0.2, 0.25) is 5.02 Å². The zero-order valence-corrected chi connectivity index (χ0v) is 16.7. The molecule has 0 amide bonds. The van der Waals surface area contributed by atoms with Gasteiger partial charge in [-0.15, -0.1) is 11.3 Å². The van der Waals surface area contributed by atoms with Crippen LogP contribution in [0.15, 0.2) is 40.2 Å². The van der Waals surface area contributed by atoms with E-state index in [1.807, 2.05) is 18.2 Å². The third-order valence-electron chi connectivity index (χ3n) is 3.59. The fourth-order valence-electron chi connectivity index (χ4n) is 2.41. The van der Waals surface area contributed by atoms with E-state index in [2.05, 4.69) is 19.9 Å². The Hall–Kier alpha value is -1.75. The van der Waals surface area contributed by atoms with Crippen molar-refractivity contribution >= 4 is 65.9 Å². The molecule has 0 saturated heterocycles. The molecule has 0 radical (unpaired) electrons. The van der Waals surface area contributed by atoms with E-state index in [1.54, 1.807) is 10.8 Å². The largest absolute Gasteiger partial charge is 0.302 e. The summed E-state index contributed by atoms with van der Waals surface area (Å²) in [5, 5.41) is 1.28. The maximum Gasteiger partial charge on any atom is 0.177 e. The Balaban J connectivity index is 1.75. The molecule has 0 N–H and O–H groups in total. The average molecular weight is 426 g/mol. The zero-order chi connectivity index (χ0) is 18.3. The van der Waals surface area contributed by atoms with Crippen molar-refractivity contribution in [2.45, 2.75) is 16.0 Å². The van der Waals surface area contributed by atoms with E-state index in [-0.39, 0.29) is 12.3 Å². The predicted octanol–water partition coefficient (Wildman–Crippen LogP) is 3.29. The van der Waals surface area contributed by atoms with Crippen molar-refractivity contribution in [2.24, 2.45) is 0 Å². The zero-order valence-electron chi connectivity index (χ0n) is 13.5. The van der Waals surface area contributed by atoms with Crippen molar-refractivity contribution in [2.75, 3.05) is 12.0 Å². The number of halogens is 1. The molecule has 0 aliphatic heterocycles. The van der Waals surface area contributed by atoms with Gasteiger partial charge in [-0.25, -0.2) is 28.4 Å². The van der Waals surface area contributed by atoms with Crippen LogP contribution in [0, 0.1) is 0 Å². The van der Waals surface area contributed by atoms with E-state index in [4.69, 9.17) is 11.6 Å². The molecule has 26 heavy (non-hydrogen) atoms. The number of nitrogens with zero attached hydrogens (tertiary/aromatic N) is 5. The molecule has 0 bridgehead atoms. The Morgan fingerprint density at radius 2 is 2.12 bits per heavy atom. The normalized spacial score (nSPS) is 12.2. The number of aryl methyl sites for hydroxylation is 1. The molecule has 3 aromatic heterocycles. The van der Waals surface area contributed by atoms with Crippen molar-refractivity contribution in [3.63, 3.8) is 0 Å². The fraction of sp³-hybridized carbons (Fsp3) is 0.200. The van der Waals surface area contributed by atoms with Crippen molar-refractivity contribution in [1.82, 2.24) is 24.5 Å². The van der Waals surface area contributed by atoms with Crippen LogP contribution in [-0.4, -0.2) is 44.9 Å². The molecule has 7 nitrogen and oxygen atoms in total. The summed E-state index contributed by atoms with van der Waals surface area (Å²) >= 11 is 9.06. The lowest BCUT2D eigenvalue weighted by molar-refractivity contribution is 0.591. The van der Waals surface area contributed by atoms with Gasteiger partial charge in [-0.1, -0.05) is 17.7 Å². The van der Waals surface area contributed by atoms with Crippen molar-refractivity contribution in [1.29, 1.82) is 0 Å². The monoisotopic (exact) mass is 425 g/mol. The van der Waals surface area contributed by atoms with Crippen LogP contribution < -0.4 is 0 Å². The number of rotatable bonds is 5. The molecule has 1 aromatic carbocycles. The van der Waals surface area contributed by atoms with Crippen molar-refractivity contribution < 1.29 is 8.42 Å². The number of hydrogen-bond acceptors (Lipinski definition) is 8. The molecule has 0 aliphatic rings. The maximum atomic E-state index is 11.6. The number of imidazole rings is 1. The van der Waals surface area contributed by atoms with E-state index in [9.17, 15) is 8.42 Å². The van der Waals surface area contributed by atoms with Gasteiger partial charge in [0.15, 0.2) is 15.1 Å². The van der Waals surface area contributed by atoms with Crippen LogP contribution in [0.1, 0.15) is 0 Å². The molecule has 4 aromatic rings. The molecule has 3 heterocycles. The summed E-state index contributed by atoms with van der Waals surface area (Å²) in [4.78, 5) is 17.3. The number of thiazole rings is 1. The SMILES string of the molecule is CS(=O)(=O)CCn1c(Sc2nc3cccc(Cl)c3s2)nc2cncnc21. The Morgan fingerprint density at radius 3 is 2.88 bits per heavy atom. The summed E-state index contributed by atoms with van der Waals surface area (Å²) in [6, 6.07) is 5.59. The minimum Gasteiger partial charge on any atom is -0.302 e. The highest BCUT2D eigenvalue weighted by molar-refractivity contribution is 8.01. The number of sulfone groups is 1. The van der Waals surface area contributed by atoms with E-state index in [1.165, 1.54) is 35.7 Å². The topological polar surface area (TPSA) is 90.6 Å². The highest BCUT2D eigenvalue weighted by Gasteiger charge is 2.17.